The van der Waals surface area contributed by atoms with Crippen molar-refractivity contribution in [2.45, 2.75) is 77.4 Å². The van der Waals surface area contributed by atoms with Gasteiger partial charge in [-0.3, -0.25) is 9.59 Å². The Morgan fingerprint density at radius 2 is 2.03 bits per heavy atom. The summed E-state index contributed by atoms with van der Waals surface area (Å²) in [6.45, 7) is 11.2. The van der Waals surface area contributed by atoms with Gasteiger partial charge in [0.15, 0.2) is 5.78 Å². The number of nitrogens with zero attached hydrogens (tertiary/aromatic N) is 1. The minimum Gasteiger partial charge on any atom is -0.493 e. The molecule has 38 heavy (non-hydrogen) atoms. The number of benzene rings is 1. The van der Waals surface area contributed by atoms with E-state index in [-0.39, 0.29) is 41.4 Å². The van der Waals surface area contributed by atoms with Crippen molar-refractivity contribution in [1.82, 2.24) is 10.6 Å². The summed E-state index contributed by atoms with van der Waals surface area (Å²) in [5.74, 6) is -0.126. The minimum absolute atomic E-state index is 0.0313. The van der Waals surface area contributed by atoms with Gasteiger partial charge in [0.25, 0.3) is 0 Å². The van der Waals surface area contributed by atoms with Crippen LogP contribution in [0.5, 0.6) is 5.75 Å². The molecule has 0 aromatic heterocycles. The van der Waals surface area contributed by atoms with Crippen LogP contribution in [0.25, 0.3) is 0 Å². The Hall–Kier alpha value is -2.07. The maximum absolute atomic E-state index is 15.6. The predicted molar refractivity (Wildman–Crippen MR) is 144 cm³/mol. The van der Waals surface area contributed by atoms with E-state index >= 15 is 4.39 Å². The molecule has 2 aliphatic carbocycles. The fourth-order valence-electron chi connectivity index (χ4n) is 5.62. The highest BCUT2D eigenvalue weighted by molar-refractivity contribution is 6.09. The monoisotopic (exact) mass is 533 g/mol. The van der Waals surface area contributed by atoms with E-state index in [2.05, 4.69) is 10.6 Å². The van der Waals surface area contributed by atoms with Gasteiger partial charge in [-0.25, -0.2) is 4.39 Å². The number of anilines is 1. The van der Waals surface area contributed by atoms with Gasteiger partial charge < -0.3 is 29.7 Å². The number of ether oxygens (including phenoxy) is 3. The molecule has 1 aromatic carbocycles. The van der Waals surface area contributed by atoms with Crippen LogP contribution in [-0.2, 0) is 19.1 Å². The van der Waals surface area contributed by atoms with Crippen molar-refractivity contribution in [2.24, 2.45) is 11.3 Å². The number of piperidine rings is 1. The summed E-state index contributed by atoms with van der Waals surface area (Å²) in [4.78, 5) is 28.6. The van der Waals surface area contributed by atoms with Crippen molar-refractivity contribution in [3.05, 3.63) is 23.5 Å². The van der Waals surface area contributed by atoms with Gasteiger partial charge in [0, 0.05) is 58.0 Å². The molecule has 2 unspecified atom stereocenters. The van der Waals surface area contributed by atoms with E-state index in [0.717, 1.165) is 18.4 Å². The summed E-state index contributed by atoms with van der Waals surface area (Å²) in [5, 5.41) is 6.72. The Kier molecular flexibility index (Phi) is 9.44. The molecule has 4 atom stereocenters. The van der Waals surface area contributed by atoms with Crippen LogP contribution in [-0.4, -0.2) is 76.4 Å². The number of ketones is 1. The third-order valence-electron chi connectivity index (χ3n) is 7.90. The van der Waals surface area contributed by atoms with Crippen molar-refractivity contribution >= 4 is 17.4 Å². The number of hydrogen-bond donors (Lipinski definition) is 2. The summed E-state index contributed by atoms with van der Waals surface area (Å²) in [7, 11) is 1.65. The quantitative estimate of drug-likeness (QED) is 0.354. The van der Waals surface area contributed by atoms with Crippen LogP contribution >= 0.6 is 0 Å². The van der Waals surface area contributed by atoms with E-state index in [1.807, 2.05) is 27.7 Å². The Morgan fingerprint density at radius 1 is 1.26 bits per heavy atom. The summed E-state index contributed by atoms with van der Waals surface area (Å²) >= 11 is 0. The highest BCUT2D eigenvalue weighted by atomic mass is 19.1. The molecule has 1 spiro atoms. The molecule has 3 aliphatic rings. The van der Waals surface area contributed by atoms with Crippen molar-refractivity contribution in [3.63, 3.8) is 0 Å². The molecular formula is C29H44FN3O5. The van der Waals surface area contributed by atoms with Crippen LogP contribution < -0.4 is 20.3 Å². The normalized spacial score (nSPS) is 25.6. The lowest BCUT2D eigenvalue weighted by Gasteiger charge is -2.34. The molecule has 3 fully saturated rings. The lowest BCUT2D eigenvalue weighted by molar-refractivity contribution is -0.124. The number of rotatable bonds is 14. The van der Waals surface area contributed by atoms with Crippen molar-refractivity contribution in [3.8, 4) is 5.75 Å². The van der Waals surface area contributed by atoms with Gasteiger partial charge in [-0.1, -0.05) is 13.8 Å². The van der Waals surface area contributed by atoms with E-state index in [4.69, 9.17) is 14.2 Å². The maximum Gasteiger partial charge on any atom is 0.231 e. The number of Topliss-reactive ketones (excluding diaryl/α,β-unsaturated/α-hetero) is 1. The van der Waals surface area contributed by atoms with E-state index in [0.29, 0.717) is 58.1 Å². The van der Waals surface area contributed by atoms with Crippen LogP contribution in [0, 0.1) is 17.2 Å². The van der Waals surface area contributed by atoms with Gasteiger partial charge in [-0.2, -0.15) is 0 Å². The molecule has 9 heteroatoms. The summed E-state index contributed by atoms with van der Waals surface area (Å²) in [5.41, 5.74) is 0.457. The standard InChI is InChI=1S/C29H44FN3O5/c1-6-37-16-19(4)32-26-27(34)29(26)14-20(15-31-17-29)28(35)33(21-8-9-21)24-13-25(38-11-7-10-36-5)22(18(2)3)12-23(24)30/h12-13,18-21,26,31-32H,6-11,14-17H2,1-5H3/t19-,20-,26?,29?/m1/s1. The fraction of sp³-hybridized carbons (Fsp3) is 0.724. The van der Waals surface area contributed by atoms with Crippen molar-refractivity contribution in [1.29, 1.82) is 0 Å². The number of methoxy groups -OCH3 is 1. The van der Waals surface area contributed by atoms with Crippen LogP contribution in [0.1, 0.15) is 64.9 Å². The van der Waals surface area contributed by atoms with Crippen molar-refractivity contribution in [2.75, 3.05) is 51.5 Å². The highest BCUT2D eigenvalue weighted by Gasteiger charge is 2.66. The third kappa shape index (κ3) is 6.22. The van der Waals surface area contributed by atoms with E-state index in [1.165, 1.54) is 6.07 Å². The third-order valence-corrected chi connectivity index (χ3v) is 7.90. The van der Waals surface area contributed by atoms with Crippen LogP contribution in [0.3, 0.4) is 0 Å². The Balaban J connectivity index is 1.52. The number of hydrogen-bond acceptors (Lipinski definition) is 7. The number of amides is 1. The predicted octanol–water partition coefficient (Wildman–Crippen LogP) is 3.42. The largest absolute Gasteiger partial charge is 0.493 e. The first kappa shape index (κ1) is 28.9. The lowest BCUT2D eigenvalue weighted by atomic mass is 9.85. The zero-order chi connectivity index (χ0) is 27.4. The molecule has 8 nitrogen and oxygen atoms in total. The van der Waals surface area contributed by atoms with E-state index in [1.54, 1.807) is 18.1 Å². The van der Waals surface area contributed by atoms with Crippen LogP contribution in [0.15, 0.2) is 12.1 Å². The Bertz CT molecular complexity index is 1000. The average molecular weight is 534 g/mol. The topological polar surface area (TPSA) is 89.1 Å². The molecule has 4 rings (SSSR count). The molecule has 1 heterocycles. The lowest BCUT2D eigenvalue weighted by Crippen LogP contribution is -2.49. The second-order valence-corrected chi connectivity index (χ2v) is 11.3. The molecule has 0 radical (unpaired) electrons. The second kappa shape index (κ2) is 12.4. The molecule has 0 bridgehead atoms. The number of carbonyl (C=O) groups excluding carboxylic acids is 2. The molecule has 1 amide bonds. The molecule has 1 aliphatic heterocycles. The smallest absolute Gasteiger partial charge is 0.231 e. The molecule has 212 valence electrons. The van der Waals surface area contributed by atoms with Gasteiger partial charge >= 0.3 is 0 Å². The molecule has 1 aromatic rings. The SMILES string of the molecule is CCOC[C@@H](C)NC1C(=O)C12CNC[C@H](C(=O)N(c1cc(OCCCOC)c(C(C)C)cc1F)C1CC1)C2. The van der Waals surface area contributed by atoms with Gasteiger partial charge in [0.1, 0.15) is 11.6 Å². The highest BCUT2D eigenvalue weighted by Crippen LogP contribution is 2.49. The summed E-state index contributed by atoms with van der Waals surface area (Å²) in [6, 6.07) is 2.93. The molecule has 1 saturated heterocycles. The van der Waals surface area contributed by atoms with E-state index < -0.39 is 17.2 Å². The van der Waals surface area contributed by atoms with Gasteiger partial charge in [-0.15, -0.1) is 0 Å². The Labute approximate surface area is 225 Å². The summed E-state index contributed by atoms with van der Waals surface area (Å²) in [6.07, 6.45) is 2.86. The molecule has 2 saturated carbocycles. The first-order valence-electron chi connectivity index (χ1n) is 14.1. The van der Waals surface area contributed by atoms with Crippen molar-refractivity contribution < 1.29 is 28.2 Å². The number of halogens is 1. The van der Waals surface area contributed by atoms with Gasteiger partial charge in [0.2, 0.25) is 5.91 Å². The van der Waals surface area contributed by atoms with Gasteiger partial charge in [-0.05, 0) is 50.7 Å². The van der Waals surface area contributed by atoms with Crippen LogP contribution in [0.2, 0.25) is 0 Å². The molecular weight excluding hydrogens is 489 g/mol. The average Bonchev–Trinajstić information content (AvgIpc) is 3.82. The zero-order valence-electron chi connectivity index (χ0n) is 23.5. The first-order chi connectivity index (χ1) is 18.2. The van der Waals surface area contributed by atoms with Gasteiger partial charge in [0.05, 0.1) is 36.3 Å². The molecule has 2 N–H and O–H groups in total. The van der Waals surface area contributed by atoms with Crippen LogP contribution in [0.4, 0.5) is 10.1 Å². The summed E-state index contributed by atoms with van der Waals surface area (Å²) < 4.78 is 32.2. The minimum atomic E-state index is -0.593. The second-order valence-electron chi connectivity index (χ2n) is 11.3. The first-order valence-corrected chi connectivity index (χ1v) is 14.1. The number of carbonyl (C=O) groups is 2. The number of nitrogens with one attached hydrogen (secondary N) is 2. The fourth-order valence-corrected chi connectivity index (χ4v) is 5.62. The maximum atomic E-state index is 15.6. The Morgan fingerprint density at radius 3 is 2.68 bits per heavy atom. The zero-order valence-corrected chi connectivity index (χ0v) is 23.5. The van der Waals surface area contributed by atoms with E-state index in [9.17, 15) is 9.59 Å².